The van der Waals surface area contributed by atoms with Crippen molar-refractivity contribution >= 4 is 11.7 Å². The van der Waals surface area contributed by atoms with E-state index < -0.39 is 39.8 Å². The van der Waals surface area contributed by atoms with Crippen molar-refractivity contribution in [3.8, 4) is 0 Å². The van der Waals surface area contributed by atoms with Crippen LogP contribution in [0.15, 0.2) is 12.1 Å². The highest BCUT2D eigenvalue weighted by Crippen LogP contribution is 2.24. The van der Waals surface area contributed by atoms with Gasteiger partial charge in [0.1, 0.15) is 11.9 Å². The maximum absolute atomic E-state index is 13.1. The Balaban J connectivity index is 3.35. The van der Waals surface area contributed by atoms with Gasteiger partial charge in [-0.25, -0.2) is 4.39 Å². The molecule has 1 atom stereocenters. The molecule has 0 unspecified atom stereocenters. The van der Waals surface area contributed by atoms with Crippen LogP contribution in [0.4, 0.5) is 14.5 Å². The van der Waals surface area contributed by atoms with Gasteiger partial charge in [0, 0.05) is 17.7 Å². The highest BCUT2D eigenvalue weighted by atomic mass is 19.1. The molecule has 1 aromatic carbocycles. The lowest BCUT2D eigenvalue weighted by atomic mass is 10.1. The molecular formula is C8H6F2N2O4. The normalized spacial score (nSPS) is 12.2. The number of nitrogens with two attached hydrogens (primary N) is 1. The molecular weight excluding hydrogens is 226 g/mol. The van der Waals surface area contributed by atoms with Gasteiger partial charge in [0.2, 0.25) is 5.82 Å². The topological polar surface area (TPSA) is 106 Å². The molecule has 0 heterocycles. The quantitative estimate of drug-likeness (QED) is 0.596. The smallest absolute Gasteiger partial charge is 0.325 e. The fraction of sp³-hybridized carbons (Fsp3) is 0.125. The Bertz CT molecular complexity index is 464. The molecule has 0 bridgehead atoms. The van der Waals surface area contributed by atoms with Crippen molar-refractivity contribution in [3.63, 3.8) is 0 Å². The lowest BCUT2D eigenvalue weighted by Gasteiger charge is -2.07. The first kappa shape index (κ1) is 12.0. The fourth-order valence-corrected chi connectivity index (χ4v) is 1.06. The second-order valence-electron chi connectivity index (χ2n) is 2.90. The molecule has 0 saturated heterocycles. The Kier molecular flexibility index (Phi) is 3.14. The largest absolute Gasteiger partial charge is 0.480 e. The maximum atomic E-state index is 13.1. The number of nitrogens with zero attached hydrogens (tertiary/aromatic N) is 1. The van der Waals surface area contributed by atoms with E-state index in [1.807, 2.05) is 0 Å². The van der Waals surface area contributed by atoms with E-state index in [0.29, 0.717) is 6.07 Å². The van der Waals surface area contributed by atoms with Crippen molar-refractivity contribution in [1.82, 2.24) is 0 Å². The first-order valence-corrected chi connectivity index (χ1v) is 3.96. The Morgan fingerprint density at radius 3 is 2.44 bits per heavy atom. The van der Waals surface area contributed by atoms with Crippen LogP contribution in [0.1, 0.15) is 11.6 Å². The third-order valence-corrected chi connectivity index (χ3v) is 1.86. The predicted octanol–water partition coefficient (Wildman–Crippen LogP) is 0.957. The number of benzene rings is 1. The summed E-state index contributed by atoms with van der Waals surface area (Å²) in [5, 5.41) is 18.8. The summed E-state index contributed by atoms with van der Waals surface area (Å²) >= 11 is 0. The molecule has 0 aliphatic heterocycles. The molecule has 1 rings (SSSR count). The number of hydrogen-bond acceptors (Lipinski definition) is 4. The molecule has 3 N–H and O–H groups in total. The van der Waals surface area contributed by atoms with Crippen molar-refractivity contribution < 1.29 is 23.6 Å². The first-order valence-electron chi connectivity index (χ1n) is 3.96. The van der Waals surface area contributed by atoms with Crippen LogP contribution in [0.2, 0.25) is 0 Å². The minimum absolute atomic E-state index is 0.232. The summed E-state index contributed by atoms with van der Waals surface area (Å²) in [4.78, 5) is 19.7. The minimum atomic E-state index is -1.78. The predicted molar refractivity (Wildman–Crippen MR) is 47.6 cm³/mol. The molecule has 0 radical (unpaired) electrons. The minimum Gasteiger partial charge on any atom is -0.480 e. The molecule has 0 spiro atoms. The van der Waals surface area contributed by atoms with Crippen LogP contribution < -0.4 is 5.73 Å². The zero-order chi connectivity index (χ0) is 12.5. The van der Waals surface area contributed by atoms with E-state index in [2.05, 4.69) is 0 Å². The van der Waals surface area contributed by atoms with E-state index in [4.69, 9.17) is 10.8 Å². The van der Waals surface area contributed by atoms with Gasteiger partial charge in [0.05, 0.1) is 4.92 Å². The van der Waals surface area contributed by atoms with Crippen LogP contribution in [0, 0.1) is 21.7 Å². The Hall–Kier alpha value is -2.09. The summed E-state index contributed by atoms with van der Waals surface area (Å²) in [5.41, 5.74) is 3.41. The van der Waals surface area contributed by atoms with E-state index in [9.17, 15) is 23.7 Å². The summed E-state index contributed by atoms with van der Waals surface area (Å²) in [6.07, 6.45) is 0. The summed E-state index contributed by atoms with van der Waals surface area (Å²) in [7, 11) is 0. The monoisotopic (exact) mass is 232 g/mol. The molecule has 0 aromatic heterocycles. The van der Waals surface area contributed by atoms with Gasteiger partial charge in [-0.15, -0.1) is 0 Å². The van der Waals surface area contributed by atoms with E-state index in [-0.39, 0.29) is 6.07 Å². The molecule has 1 aromatic rings. The molecule has 0 amide bonds. The lowest BCUT2D eigenvalue weighted by molar-refractivity contribution is -0.387. The van der Waals surface area contributed by atoms with E-state index in [0.717, 1.165) is 0 Å². The van der Waals surface area contributed by atoms with Gasteiger partial charge in [0.15, 0.2) is 0 Å². The van der Waals surface area contributed by atoms with Crippen molar-refractivity contribution in [1.29, 1.82) is 0 Å². The zero-order valence-corrected chi connectivity index (χ0v) is 7.68. The van der Waals surface area contributed by atoms with E-state index in [1.54, 1.807) is 0 Å². The highest BCUT2D eigenvalue weighted by Gasteiger charge is 2.25. The van der Waals surface area contributed by atoms with Crippen molar-refractivity contribution in [2.45, 2.75) is 6.04 Å². The van der Waals surface area contributed by atoms with Crippen LogP contribution in [0.3, 0.4) is 0 Å². The molecule has 0 fully saturated rings. The van der Waals surface area contributed by atoms with Gasteiger partial charge in [-0.1, -0.05) is 0 Å². The maximum Gasteiger partial charge on any atom is 0.325 e. The SMILES string of the molecule is N[C@H](C(=O)O)c1cc([N+](=O)[O-])c(F)cc1F. The molecule has 86 valence electrons. The summed E-state index contributed by atoms with van der Waals surface area (Å²) in [6, 6.07) is -1.07. The Morgan fingerprint density at radius 2 is 2.00 bits per heavy atom. The van der Waals surface area contributed by atoms with Gasteiger partial charge in [-0.3, -0.25) is 14.9 Å². The Labute approximate surface area is 87.4 Å². The number of halogens is 2. The standard InChI is InChI=1S/C8H6F2N2O4/c9-4-2-5(10)6(12(15)16)1-3(4)7(11)8(13)14/h1-2,7H,11H2,(H,13,14)/t7-/m0/s1. The lowest BCUT2D eigenvalue weighted by Crippen LogP contribution is -2.22. The van der Waals surface area contributed by atoms with E-state index in [1.165, 1.54) is 0 Å². The molecule has 0 aliphatic carbocycles. The number of aliphatic carboxylic acids is 1. The third kappa shape index (κ3) is 2.11. The molecule has 6 nitrogen and oxygen atoms in total. The molecule has 0 aliphatic rings. The fourth-order valence-electron chi connectivity index (χ4n) is 1.06. The highest BCUT2D eigenvalue weighted by molar-refractivity contribution is 5.75. The number of carbonyl (C=O) groups is 1. The van der Waals surface area contributed by atoms with Crippen molar-refractivity contribution in [3.05, 3.63) is 39.4 Å². The second-order valence-corrected chi connectivity index (χ2v) is 2.90. The van der Waals surface area contributed by atoms with Crippen molar-refractivity contribution in [2.75, 3.05) is 0 Å². The second kappa shape index (κ2) is 4.19. The number of rotatable bonds is 3. The van der Waals surface area contributed by atoms with Gasteiger partial charge >= 0.3 is 11.7 Å². The Morgan fingerprint density at radius 1 is 1.44 bits per heavy atom. The average Bonchev–Trinajstić information content (AvgIpc) is 2.16. The number of nitro groups is 1. The third-order valence-electron chi connectivity index (χ3n) is 1.86. The van der Waals surface area contributed by atoms with Crippen LogP contribution in [0.5, 0.6) is 0 Å². The number of nitro benzene ring substituents is 1. The van der Waals surface area contributed by atoms with Crippen molar-refractivity contribution in [2.24, 2.45) is 5.73 Å². The van der Waals surface area contributed by atoms with Crippen LogP contribution in [-0.2, 0) is 4.79 Å². The van der Waals surface area contributed by atoms with Crippen LogP contribution >= 0.6 is 0 Å². The van der Waals surface area contributed by atoms with Gasteiger partial charge in [0.25, 0.3) is 0 Å². The first-order chi connectivity index (χ1) is 7.34. The van der Waals surface area contributed by atoms with Crippen LogP contribution in [-0.4, -0.2) is 16.0 Å². The molecule has 0 saturated carbocycles. The van der Waals surface area contributed by atoms with Crippen LogP contribution in [0.25, 0.3) is 0 Å². The number of carboxylic acid groups (broad SMARTS) is 1. The summed E-state index contributed by atoms with van der Waals surface area (Å²) < 4.78 is 26.0. The number of hydrogen-bond donors (Lipinski definition) is 2. The summed E-state index contributed by atoms with van der Waals surface area (Å²) in [6.45, 7) is 0. The van der Waals surface area contributed by atoms with Gasteiger partial charge in [-0.05, 0) is 0 Å². The summed E-state index contributed by atoms with van der Waals surface area (Å²) in [5.74, 6) is -4.19. The zero-order valence-electron chi connectivity index (χ0n) is 7.68. The number of carboxylic acids is 1. The van der Waals surface area contributed by atoms with E-state index >= 15 is 0 Å². The average molecular weight is 232 g/mol. The molecule has 16 heavy (non-hydrogen) atoms. The molecule has 8 heteroatoms. The van der Waals surface area contributed by atoms with Gasteiger partial charge < -0.3 is 10.8 Å². The van der Waals surface area contributed by atoms with Gasteiger partial charge in [-0.2, -0.15) is 4.39 Å².